The first-order chi connectivity index (χ1) is 8.70. The minimum Gasteiger partial charge on any atom is -0.371 e. The smallest absolute Gasteiger partial charge is 0.137 e. The summed E-state index contributed by atoms with van der Waals surface area (Å²) < 4.78 is 0. The number of hydrogen-bond acceptors (Lipinski definition) is 2. The van der Waals surface area contributed by atoms with Gasteiger partial charge in [-0.15, -0.1) is 0 Å². The van der Waals surface area contributed by atoms with Gasteiger partial charge in [-0.3, -0.25) is 4.79 Å². The fourth-order valence-corrected chi connectivity index (χ4v) is 2.76. The standard InChI is InChI=1S/C16H23NO/c1-3-17(15-9-6-7-13(2)11-15)12-14-8-4-5-10-16(14)18/h6-7,9,11,14H,3-5,8,10,12H2,1-2H3. The maximum atomic E-state index is 11.9. The van der Waals surface area contributed by atoms with E-state index < -0.39 is 0 Å². The minimum atomic E-state index is 0.249. The molecule has 0 bridgehead atoms. The first-order valence-corrected chi connectivity index (χ1v) is 7.05. The van der Waals surface area contributed by atoms with E-state index in [4.69, 9.17) is 0 Å². The Balaban J connectivity index is 2.07. The minimum absolute atomic E-state index is 0.249. The lowest BCUT2D eigenvalue weighted by Crippen LogP contribution is -2.34. The fraction of sp³-hybridized carbons (Fsp3) is 0.562. The van der Waals surface area contributed by atoms with Crippen LogP contribution >= 0.6 is 0 Å². The van der Waals surface area contributed by atoms with Gasteiger partial charge >= 0.3 is 0 Å². The van der Waals surface area contributed by atoms with Gasteiger partial charge in [-0.05, 0) is 44.4 Å². The van der Waals surface area contributed by atoms with Crippen molar-refractivity contribution in [3.8, 4) is 0 Å². The molecule has 1 aliphatic rings. The molecule has 0 aromatic heterocycles. The number of carbonyl (C=O) groups excluding carboxylic acids is 1. The second-order valence-corrected chi connectivity index (χ2v) is 5.29. The third kappa shape index (κ3) is 3.12. The van der Waals surface area contributed by atoms with E-state index in [-0.39, 0.29) is 5.92 Å². The molecule has 1 fully saturated rings. The average molecular weight is 245 g/mol. The molecule has 0 heterocycles. The van der Waals surface area contributed by atoms with Gasteiger partial charge in [0.1, 0.15) is 5.78 Å². The Hall–Kier alpha value is -1.31. The Morgan fingerprint density at radius 1 is 1.33 bits per heavy atom. The van der Waals surface area contributed by atoms with Crippen LogP contribution in [-0.2, 0) is 4.79 Å². The monoisotopic (exact) mass is 245 g/mol. The summed E-state index contributed by atoms with van der Waals surface area (Å²) in [7, 11) is 0. The second-order valence-electron chi connectivity index (χ2n) is 5.29. The number of Topliss-reactive ketones (excluding diaryl/α,β-unsaturated/α-hetero) is 1. The van der Waals surface area contributed by atoms with Crippen LogP contribution in [0.1, 0.15) is 38.2 Å². The first-order valence-electron chi connectivity index (χ1n) is 7.05. The highest BCUT2D eigenvalue weighted by molar-refractivity contribution is 5.82. The van der Waals surface area contributed by atoms with Crippen LogP contribution in [0.4, 0.5) is 5.69 Å². The van der Waals surface area contributed by atoms with Crippen molar-refractivity contribution in [2.24, 2.45) is 5.92 Å². The molecule has 0 aliphatic heterocycles. The number of anilines is 1. The molecule has 0 N–H and O–H groups in total. The summed E-state index contributed by atoms with van der Waals surface area (Å²) in [5.74, 6) is 0.714. The molecule has 1 saturated carbocycles. The lowest BCUT2D eigenvalue weighted by molar-refractivity contribution is -0.124. The molecule has 1 aromatic rings. The molecule has 1 atom stereocenters. The highest BCUT2D eigenvalue weighted by Gasteiger charge is 2.24. The van der Waals surface area contributed by atoms with Crippen molar-refractivity contribution in [3.05, 3.63) is 29.8 Å². The van der Waals surface area contributed by atoms with E-state index in [0.29, 0.717) is 5.78 Å². The van der Waals surface area contributed by atoms with Crippen molar-refractivity contribution < 1.29 is 4.79 Å². The maximum absolute atomic E-state index is 11.9. The molecule has 2 nitrogen and oxygen atoms in total. The lowest BCUT2D eigenvalue weighted by atomic mass is 9.87. The zero-order chi connectivity index (χ0) is 13.0. The summed E-state index contributed by atoms with van der Waals surface area (Å²) in [5.41, 5.74) is 2.52. The van der Waals surface area contributed by atoms with Gasteiger partial charge in [0.2, 0.25) is 0 Å². The van der Waals surface area contributed by atoms with Crippen molar-refractivity contribution in [1.82, 2.24) is 0 Å². The van der Waals surface area contributed by atoms with E-state index in [1.807, 2.05) is 0 Å². The Labute approximate surface area is 110 Å². The number of benzene rings is 1. The van der Waals surface area contributed by atoms with Gasteiger partial charge in [-0.1, -0.05) is 18.6 Å². The zero-order valence-electron chi connectivity index (χ0n) is 11.5. The Kier molecular flexibility index (Phi) is 4.40. The predicted molar refractivity (Wildman–Crippen MR) is 76.0 cm³/mol. The molecule has 0 amide bonds. The molecule has 0 radical (unpaired) electrons. The highest BCUT2D eigenvalue weighted by Crippen LogP contribution is 2.24. The molecule has 1 aliphatic carbocycles. The largest absolute Gasteiger partial charge is 0.371 e. The van der Waals surface area contributed by atoms with Gasteiger partial charge in [0.25, 0.3) is 0 Å². The van der Waals surface area contributed by atoms with Crippen molar-refractivity contribution in [2.75, 3.05) is 18.0 Å². The van der Waals surface area contributed by atoms with E-state index in [9.17, 15) is 4.79 Å². The normalized spacial score (nSPS) is 19.9. The van der Waals surface area contributed by atoms with Crippen LogP contribution in [0, 0.1) is 12.8 Å². The van der Waals surface area contributed by atoms with Gasteiger partial charge in [0.05, 0.1) is 0 Å². The summed E-state index contributed by atoms with van der Waals surface area (Å²) in [6.07, 6.45) is 4.16. The first kappa shape index (κ1) is 13.1. The number of rotatable bonds is 4. The Morgan fingerprint density at radius 2 is 2.17 bits per heavy atom. The van der Waals surface area contributed by atoms with Crippen LogP contribution in [0.5, 0.6) is 0 Å². The van der Waals surface area contributed by atoms with Crippen LogP contribution in [0.15, 0.2) is 24.3 Å². The SMILES string of the molecule is CCN(CC1CCCCC1=O)c1cccc(C)c1. The highest BCUT2D eigenvalue weighted by atomic mass is 16.1. The maximum Gasteiger partial charge on any atom is 0.137 e. The number of carbonyl (C=O) groups is 1. The molecule has 2 heteroatoms. The predicted octanol–water partition coefficient (Wildman–Crippen LogP) is 3.58. The summed E-state index contributed by atoms with van der Waals surface area (Å²) in [5, 5.41) is 0. The fourth-order valence-electron chi connectivity index (χ4n) is 2.76. The molecule has 1 unspecified atom stereocenters. The van der Waals surface area contributed by atoms with Gasteiger partial charge in [0.15, 0.2) is 0 Å². The summed E-state index contributed by atoms with van der Waals surface area (Å²) >= 11 is 0. The number of hydrogen-bond donors (Lipinski definition) is 0. The van der Waals surface area contributed by atoms with Crippen LogP contribution in [-0.4, -0.2) is 18.9 Å². The van der Waals surface area contributed by atoms with Crippen molar-refractivity contribution in [2.45, 2.75) is 39.5 Å². The van der Waals surface area contributed by atoms with Gasteiger partial charge < -0.3 is 4.90 Å². The summed E-state index contributed by atoms with van der Waals surface area (Å²) in [4.78, 5) is 14.3. The third-order valence-corrected chi connectivity index (χ3v) is 3.87. The van der Waals surface area contributed by atoms with E-state index >= 15 is 0 Å². The molecule has 0 spiro atoms. The number of nitrogens with zero attached hydrogens (tertiary/aromatic N) is 1. The Morgan fingerprint density at radius 3 is 2.83 bits per heavy atom. The van der Waals surface area contributed by atoms with Gasteiger partial charge in [0, 0.05) is 31.1 Å². The number of aryl methyl sites for hydroxylation is 1. The van der Waals surface area contributed by atoms with Crippen molar-refractivity contribution in [1.29, 1.82) is 0 Å². The van der Waals surface area contributed by atoms with Crippen molar-refractivity contribution >= 4 is 11.5 Å². The quantitative estimate of drug-likeness (QED) is 0.808. The zero-order valence-corrected chi connectivity index (χ0v) is 11.5. The summed E-state index contributed by atoms with van der Waals surface area (Å²) in [6, 6.07) is 8.56. The van der Waals surface area contributed by atoms with Crippen LogP contribution in [0.3, 0.4) is 0 Å². The molecular formula is C16H23NO. The van der Waals surface area contributed by atoms with E-state index in [1.165, 1.54) is 17.7 Å². The van der Waals surface area contributed by atoms with E-state index in [0.717, 1.165) is 32.4 Å². The van der Waals surface area contributed by atoms with E-state index in [1.54, 1.807) is 0 Å². The number of ketones is 1. The molecule has 1 aromatic carbocycles. The summed E-state index contributed by atoms with van der Waals surface area (Å²) in [6.45, 7) is 6.13. The lowest BCUT2D eigenvalue weighted by Gasteiger charge is -2.30. The van der Waals surface area contributed by atoms with Crippen LogP contribution in [0.2, 0.25) is 0 Å². The Bertz CT molecular complexity index is 413. The molecule has 98 valence electrons. The van der Waals surface area contributed by atoms with Crippen LogP contribution < -0.4 is 4.90 Å². The van der Waals surface area contributed by atoms with Gasteiger partial charge in [-0.25, -0.2) is 0 Å². The van der Waals surface area contributed by atoms with Crippen molar-refractivity contribution in [3.63, 3.8) is 0 Å². The van der Waals surface area contributed by atoms with Gasteiger partial charge in [-0.2, -0.15) is 0 Å². The van der Waals surface area contributed by atoms with E-state index in [2.05, 4.69) is 43.0 Å². The average Bonchev–Trinajstić information content (AvgIpc) is 2.38. The van der Waals surface area contributed by atoms with Crippen LogP contribution in [0.25, 0.3) is 0 Å². The molecule has 2 rings (SSSR count). The third-order valence-electron chi connectivity index (χ3n) is 3.87. The molecule has 0 saturated heterocycles. The topological polar surface area (TPSA) is 20.3 Å². The molecule has 18 heavy (non-hydrogen) atoms. The molecular weight excluding hydrogens is 222 g/mol. The second kappa shape index (κ2) is 6.03.